The molecule has 1 aliphatic heterocycles. The molecule has 2 rings (SSSR count). The molecule has 7 heteroatoms. The summed E-state index contributed by atoms with van der Waals surface area (Å²) >= 11 is 0. The van der Waals surface area contributed by atoms with E-state index in [9.17, 15) is 8.78 Å². The predicted molar refractivity (Wildman–Crippen MR) is 109 cm³/mol. The molecule has 1 aliphatic rings. The zero-order valence-corrected chi connectivity index (χ0v) is 17.5. The molecule has 4 nitrogen and oxygen atoms in total. The third-order valence-electron chi connectivity index (χ3n) is 4.23. The monoisotopic (exact) mass is 466 g/mol. The van der Waals surface area contributed by atoms with Crippen molar-refractivity contribution in [3.05, 3.63) is 35.4 Å². The van der Waals surface area contributed by atoms with Gasteiger partial charge in [0.25, 0.3) is 0 Å². The zero-order chi connectivity index (χ0) is 17.5. The van der Waals surface area contributed by atoms with Crippen molar-refractivity contribution in [3.63, 3.8) is 0 Å². The Bertz CT molecular complexity index is 558. The maximum atomic E-state index is 13.7. The van der Waals surface area contributed by atoms with Gasteiger partial charge in [0.05, 0.1) is 0 Å². The van der Waals surface area contributed by atoms with Crippen LogP contribution in [0.25, 0.3) is 0 Å². The summed E-state index contributed by atoms with van der Waals surface area (Å²) in [5.41, 5.74) is 0.296. The van der Waals surface area contributed by atoms with Gasteiger partial charge in [0.15, 0.2) is 5.96 Å². The maximum absolute atomic E-state index is 13.7. The van der Waals surface area contributed by atoms with Gasteiger partial charge >= 0.3 is 0 Å². The third kappa shape index (κ3) is 7.43. The highest BCUT2D eigenvalue weighted by atomic mass is 127. The van der Waals surface area contributed by atoms with Gasteiger partial charge in [-0.15, -0.1) is 24.0 Å². The molecule has 0 radical (unpaired) electrons. The van der Waals surface area contributed by atoms with Crippen molar-refractivity contribution < 1.29 is 8.78 Å². The largest absolute Gasteiger partial charge is 0.354 e. The Labute approximate surface area is 166 Å². The van der Waals surface area contributed by atoms with Crippen LogP contribution in [-0.4, -0.2) is 43.6 Å². The Kier molecular flexibility index (Phi) is 9.63. The number of benzene rings is 1. The van der Waals surface area contributed by atoms with E-state index in [0.29, 0.717) is 23.5 Å². The van der Waals surface area contributed by atoms with Crippen LogP contribution in [0.5, 0.6) is 0 Å². The fraction of sp³-hybridized carbons (Fsp3) is 0.611. The van der Waals surface area contributed by atoms with Crippen molar-refractivity contribution >= 4 is 29.9 Å². The van der Waals surface area contributed by atoms with Crippen LogP contribution in [-0.2, 0) is 6.54 Å². The van der Waals surface area contributed by atoms with E-state index in [1.807, 2.05) is 0 Å². The first-order valence-corrected chi connectivity index (χ1v) is 8.61. The van der Waals surface area contributed by atoms with Gasteiger partial charge in [-0.25, -0.2) is 8.78 Å². The van der Waals surface area contributed by atoms with Crippen molar-refractivity contribution in [1.82, 2.24) is 15.5 Å². The summed E-state index contributed by atoms with van der Waals surface area (Å²) in [5.74, 6) is 0.459. The fourth-order valence-corrected chi connectivity index (χ4v) is 3.02. The fourth-order valence-electron chi connectivity index (χ4n) is 3.02. The van der Waals surface area contributed by atoms with Gasteiger partial charge in [0.2, 0.25) is 0 Å². The minimum absolute atomic E-state index is 0. The highest BCUT2D eigenvalue weighted by molar-refractivity contribution is 14.0. The van der Waals surface area contributed by atoms with Gasteiger partial charge in [0, 0.05) is 44.8 Å². The van der Waals surface area contributed by atoms with E-state index in [4.69, 9.17) is 0 Å². The molecule has 1 aromatic carbocycles. The number of hydrogen-bond donors (Lipinski definition) is 2. The summed E-state index contributed by atoms with van der Waals surface area (Å²) in [7, 11) is 1.69. The predicted octanol–water partition coefficient (Wildman–Crippen LogP) is 3.37. The lowest BCUT2D eigenvalue weighted by molar-refractivity contribution is 0.187. The van der Waals surface area contributed by atoms with E-state index < -0.39 is 11.6 Å². The number of halogens is 3. The van der Waals surface area contributed by atoms with E-state index in [1.54, 1.807) is 7.05 Å². The van der Waals surface area contributed by atoms with Crippen LogP contribution in [0.3, 0.4) is 0 Å². The van der Waals surface area contributed by atoms with E-state index in [1.165, 1.54) is 6.07 Å². The van der Waals surface area contributed by atoms with E-state index >= 15 is 0 Å². The molecule has 25 heavy (non-hydrogen) atoms. The molecular weight excluding hydrogens is 437 g/mol. The summed E-state index contributed by atoms with van der Waals surface area (Å²) < 4.78 is 26.9. The minimum atomic E-state index is -0.436. The van der Waals surface area contributed by atoms with Gasteiger partial charge in [-0.2, -0.15) is 0 Å². The topological polar surface area (TPSA) is 39.7 Å². The number of rotatable bonds is 5. The number of likely N-dealkylation sites (tertiary alicyclic amines) is 1. The second-order valence-electron chi connectivity index (χ2n) is 6.77. The quantitative estimate of drug-likeness (QED) is 0.397. The molecule has 0 bridgehead atoms. The molecule has 0 aromatic heterocycles. The second kappa shape index (κ2) is 10.9. The molecule has 1 fully saturated rings. The minimum Gasteiger partial charge on any atom is -0.354 e. The molecule has 0 saturated carbocycles. The molecule has 0 aliphatic carbocycles. The van der Waals surface area contributed by atoms with E-state index in [2.05, 4.69) is 34.4 Å². The molecule has 2 N–H and O–H groups in total. The van der Waals surface area contributed by atoms with Crippen LogP contribution >= 0.6 is 24.0 Å². The third-order valence-corrected chi connectivity index (χ3v) is 4.23. The SMILES string of the molecule is CN=C(NCc1cc(F)ccc1F)NC1CCN(CC(C)C)CC1.I. The Balaban J connectivity index is 0.00000312. The van der Waals surface area contributed by atoms with Gasteiger partial charge < -0.3 is 15.5 Å². The van der Waals surface area contributed by atoms with Crippen molar-refractivity contribution in [2.75, 3.05) is 26.7 Å². The molecular formula is C18H29F2IN4. The summed E-state index contributed by atoms with van der Waals surface area (Å²) in [6.07, 6.45) is 2.11. The van der Waals surface area contributed by atoms with Crippen molar-refractivity contribution in [1.29, 1.82) is 0 Å². The number of nitrogens with zero attached hydrogens (tertiary/aromatic N) is 2. The van der Waals surface area contributed by atoms with Crippen LogP contribution in [0.1, 0.15) is 32.3 Å². The molecule has 1 aromatic rings. The molecule has 0 amide bonds. The van der Waals surface area contributed by atoms with Crippen LogP contribution in [0.15, 0.2) is 23.2 Å². The molecule has 142 valence electrons. The van der Waals surface area contributed by atoms with E-state index in [-0.39, 0.29) is 30.5 Å². The Hall–Kier alpha value is -0.960. The Morgan fingerprint density at radius 2 is 1.96 bits per heavy atom. The molecule has 1 heterocycles. The average Bonchev–Trinajstić information content (AvgIpc) is 2.55. The second-order valence-corrected chi connectivity index (χ2v) is 6.77. The number of hydrogen-bond acceptors (Lipinski definition) is 2. The van der Waals surface area contributed by atoms with Crippen LogP contribution in [0.2, 0.25) is 0 Å². The molecule has 1 saturated heterocycles. The molecule has 0 unspecified atom stereocenters. The van der Waals surface area contributed by atoms with Crippen LogP contribution in [0, 0.1) is 17.6 Å². The number of guanidine groups is 1. The first kappa shape index (κ1) is 22.1. The van der Waals surface area contributed by atoms with Gasteiger partial charge in [0.1, 0.15) is 11.6 Å². The lowest BCUT2D eigenvalue weighted by Gasteiger charge is -2.34. The van der Waals surface area contributed by atoms with Crippen LogP contribution in [0.4, 0.5) is 8.78 Å². The lowest BCUT2D eigenvalue weighted by Crippen LogP contribution is -2.49. The molecule has 0 spiro atoms. The summed E-state index contributed by atoms with van der Waals surface area (Å²) in [4.78, 5) is 6.67. The van der Waals surface area contributed by atoms with Gasteiger partial charge in [-0.1, -0.05) is 13.8 Å². The molecule has 0 atom stereocenters. The lowest BCUT2D eigenvalue weighted by atomic mass is 10.0. The van der Waals surface area contributed by atoms with Crippen molar-refractivity contribution in [2.24, 2.45) is 10.9 Å². The maximum Gasteiger partial charge on any atom is 0.191 e. The van der Waals surface area contributed by atoms with Crippen molar-refractivity contribution in [2.45, 2.75) is 39.3 Å². The van der Waals surface area contributed by atoms with Gasteiger partial charge in [-0.05, 0) is 37.0 Å². The number of nitrogens with one attached hydrogen (secondary N) is 2. The summed E-state index contributed by atoms with van der Waals surface area (Å²) in [6.45, 7) is 7.97. The highest BCUT2D eigenvalue weighted by Gasteiger charge is 2.20. The average molecular weight is 466 g/mol. The van der Waals surface area contributed by atoms with Crippen LogP contribution < -0.4 is 10.6 Å². The number of aliphatic imine (C=N–C) groups is 1. The highest BCUT2D eigenvalue weighted by Crippen LogP contribution is 2.12. The van der Waals surface area contributed by atoms with Crippen molar-refractivity contribution in [3.8, 4) is 0 Å². The summed E-state index contributed by atoms with van der Waals surface area (Å²) in [6, 6.07) is 3.83. The standard InChI is InChI=1S/C18H28F2N4.HI/c1-13(2)12-24-8-6-16(7-9-24)23-18(21-3)22-11-14-10-15(19)4-5-17(14)20;/h4-5,10,13,16H,6-9,11-12H2,1-3H3,(H2,21,22,23);1H. The first-order chi connectivity index (χ1) is 11.5. The summed E-state index contributed by atoms with van der Waals surface area (Å²) in [5, 5.41) is 6.44. The smallest absolute Gasteiger partial charge is 0.191 e. The Morgan fingerprint density at radius 3 is 2.56 bits per heavy atom. The first-order valence-electron chi connectivity index (χ1n) is 8.61. The van der Waals surface area contributed by atoms with Gasteiger partial charge in [-0.3, -0.25) is 4.99 Å². The van der Waals surface area contributed by atoms with E-state index in [0.717, 1.165) is 44.6 Å². The normalized spacial score (nSPS) is 16.6. The zero-order valence-electron chi connectivity index (χ0n) is 15.2. The number of piperidine rings is 1. The Morgan fingerprint density at radius 1 is 1.28 bits per heavy atom.